The summed E-state index contributed by atoms with van der Waals surface area (Å²) >= 11 is 0. The zero-order valence-corrected chi connectivity index (χ0v) is 20.2. The van der Waals surface area contributed by atoms with E-state index in [0.717, 1.165) is 22.3 Å². The smallest absolute Gasteiger partial charge is 0.295 e. The summed E-state index contributed by atoms with van der Waals surface area (Å²) in [5.74, 6) is -0.920. The van der Waals surface area contributed by atoms with Crippen molar-refractivity contribution in [1.82, 2.24) is 4.90 Å². The summed E-state index contributed by atoms with van der Waals surface area (Å²) in [5, 5.41) is 11.2. The number of amides is 1. The lowest BCUT2D eigenvalue weighted by molar-refractivity contribution is -0.140. The molecule has 1 unspecified atom stereocenters. The van der Waals surface area contributed by atoms with Crippen molar-refractivity contribution in [3.05, 3.63) is 106 Å². The molecule has 0 aromatic heterocycles. The first-order valence-corrected chi connectivity index (χ1v) is 11.5. The second-order valence-electron chi connectivity index (χ2n) is 8.64. The number of benzene rings is 3. The highest BCUT2D eigenvalue weighted by atomic mass is 16.5. The van der Waals surface area contributed by atoms with Gasteiger partial charge in [-0.25, -0.2) is 0 Å². The number of hydrogen-bond acceptors (Lipinski definition) is 5. The molecule has 6 heteroatoms. The highest BCUT2D eigenvalue weighted by molar-refractivity contribution is 6.46. The van der Waals surface area contributed by atoms with E-state index in [9.17, 15) is 14.7 Å². The molecule has 3 aromatic rings. The SMILES string of the molecule is COCCN1C(=O)C(=O)/C(=C(/O)c2ccc(OCc3ccccc3C)cc2)C1c1ccc(C)cc1. The van der Waals surface area contributed by atoms with Gasteiger partial charge < -0.3 is 19.5 Å². The number of aryl methyl sites for hydroxylation is 2. The molecule has 1 aliphatic heterocycles. The van der Waals surface area contributed by atoms with E-state index in [0.29, 0.717) is 17.9 Å². The molecule has 1 atom stereocenters. The molecular formula is C29H29NO5. The topological polar surface area (TPSA) is 76.1 Å². The molecule has 4 rings (SSSR count). The third kappa shape index (κ3) is 5.12. The number of likely N-dealkylation sites (tertiary alicyclic amines) is 1. The number of nitrogens with zero attached hydrogens (tertiary/aromatic N) is 1. The lowest BCUT2D eigenvalue weighted by atomic mass is 9.94. The fourth-order valence-corrected chi connectivity index (χ4v) is 4.19. The van der Waals surface area contributed by atoms with E-state index in [1.54, 1.807) is 31.4 Å². The maximum absolute atomic E-state index is 13.0. The summed E-state index contributed by atoms with van der Waals surface area (Å²) in [6, 6.07) is 21.8. The van der Waals surface area contributed by atoms with Crippen LogP contribution in [0.3, 0.4) is 0 Å². The number of ketones is 1. The van der Waals surface area contributed by atoms with Crippen LogP contribution in [0.4, 0.5) is 0 Å². The van der Waals surface area contributed by atoms with E-state index in [1.807, 2.05) is 62.4 Å². The van der Waals surface area contributed by atoms with Gasteiger partial charge in [-0.05, 0) is 54.8 Å². The Bertz CT molecular complexity index is 1240. The molecule has 0 aliphatic carbocycles. The van der Waals surface area contributed by atoms with Gasteiger partial charge in [0.25, 0.3) is 11.7 Å². The normalized spacial score (nSPS) is 17.1. The zero-order chi connectivity index (χ0) is 24.9. The van der Waals surface area contributed by atoms with Gasteiger partial charge >= 0.3 is 0 Å². The highest BCUT2D eigenvalue weighted by Gasteiger charge is 2.45. The Hall–Kier alpha value is -3.90. The third-order valence-electron chi connectivity index (χ3n) is 6.25. The molecule has 1 heterocycles. The van der Waals surface area contributed by atoms with Crippen LogP contribution < -0.4 is 4.74 Å². The quantitative estimate of drug-likeness (QED) is 0.286. The lowest BCUT2D eigenvalue weighted by Crippen LogP contribution is -2.32. The molecule has 180 valence electrons. The third-order valence-corrected chi connectivity index (χ3v) is 6.25. The molecule has 3 aromatic carbocycles. The molecule has 35 heavy (non-hydrogen) atoms. The summed E-state index contributed by atoms with van der Waals surface area (Å²) in [7, 11) is 1.54. The molecular weight excluding hydrogens is 442 g/mol. The number of Topliss-reactive ketones (excluding diaryl/α,β-unsaturated/α-hetero) is 1. The van der Waals surface area contributed by atoms with Crippen LogP contribution in [-0.2, 0) is 20.9 Å². The number of rotatable bonds is 8. The second-order valence-corrected chi connectivity index (χ2v) is 8.64. The molecule has 1 amide bonds. The summed E-state index contributed by atoms with van der Waals surface area (Å²) in [4.78, 5) is 27.4. The maximum Gasteiger partial charge on any atom is 0.295 e. The van der Waals surface area contributed by atoms with Crippen LogP contribution in [0, 0.1) is 13.8 Å². The van der Waals surface area contributed by atoms with Crippen LogP contribution in [0.25, 0.3) is 5.76 Å². The number of ether oxygens (including phenoxy) is 2. The van der Waals surface area contributed by atoms with Crippen LogP contribution >= 0.6 is 0 Å². The second kappa shape index (κ2) is 10.6. The molecule has 1 aliphatic rings. The maximum atomic E-state index is 13.0. The minimum absolute atomic E-state index is 0.0727. The molecule has 0 spiro atoms. The van der Waals surface area contributed by atoms with Gasteiger partial charge in [-0.3, -0.25) is 9.59 Å². The largest absolute Gasteiger partial charge is 0.507 e. The first-order valence-electron chi connectivity index (χ1n) is 11.5. The molecule has 1 N–H and O–H groups in total. The van der Waals surface area contributed by atoms with Gasteiger partial charge in [0.2, 0.25) is 0 Å². The minimum Gasteiger partial charge on any atom is -0.507 e. The van der Waals surface area contributed by atoms with Gasteiger partial charge in [0.15, 0.2) is 0 Å². The minimum atomic E-state index is -0.705. The Morgan fingerprint density at radius 1 is 0.943 bits per heavy atom. The van der Waals surface area contributed by atoms with Crippen molar-refractivity contribution >= 4 is 17.4 Å². The first-order chi connectivity index (χ1) is 16.9. The average molecular weight is 472 g/mol. The van der Waals surface area contributed by atoms with E-state index in [2.05, 4.69) is 0 Å². The number of methoxy groups -OCH3 is 1. The van der Waals surface area contributed by atoms with Crippen molar-refractivity contribution < 1.29 is 24.2 Å². The van der Waals surface area contributed by atoms with Crippen LogP contribution in [-0.4, -0.2) is 42.0 Å². The Balaban J connectivity index is 1.64. The van der Waals surface area contributed by atoms with Gasteiger partial charge in [-0.2, -0.15) is 0 Å². The monoisotopic (exact) mass is 471 g/mol. The number of aliphatic hydroxyl groups excluding tert-OH is 1. The highest BCUT2D eigenvalue weighted by Crippen LogP contribution is 2.39. The van der Waals surface area contributed by atoms with Crippen molar-refractivity contribution in [1.29, 1.82) is 0 Å². The predicted octanol–water partition coefficient (Wildman–Crippen LogP) is 4.95. The van der Waals surface area contributed by atoms with Crippen molar-refractivity contribution in [2.24, 2.45) is 0 Å². The van der Waals surface area contributed by atoms with Gasteiger partial charge in [-0.1, -0.05) is 54.1 Å². The van der Waals surface area contributed by atoms with Crippen molar-refractivity contribution in [2.45, 2.75) is 26.5 Å². The van der Waals surface area contributed by atoms with Crippen LogP contribution in [0.2, 0.25) is 0 Å². The van der Waals surface area contributed by atoms with E-state index >= 15 is 0 Å². The summed E-state index contributed by atoms with van der Waals surface area (Å²) in [6.45, 7) is 4.95. The number of carbonyl (C=O) groups excluding carboxylic acids is 2. The Morgan fingerprint density at radius 2 is 1.63 bits per heavy atom. The van der Waals surface area contributed by atoms with E-state index in [1.165, 1.54) is 4.90 Å². The molecule has 1 saturated heterocycles. The van der Waals surface area contributed by atoms with Crippen molar-refractivity contribution in [3.63, 3.8) is 0 Å². The predicted molar refractivity (Wildman–Crippen MR) is 134 cm³/mol. The number of carbonyl (C=O) groups is 2. The Morgan fingerprint density at radius 3 is 2.29 bits per heavy atom. The van der Waals surface area contributed by atoms with Crippen molar-refractivity contribution in [2.75, 3.05) is 20.3 Å². The Labute approximate surface area is 205 Å². The molecule has 0 saturated carbocycles. The van der Waals surface area contributed by atoms with E-state index < -0.39 is 17.7 Å². The molecule has 1 fully saturated rings. The summed E-state index contributed by atoms with van der Waals surface area (Å²) in [6.07, 6.45) is 0. The summed E-state index contributed by atoms with van der Waals surface area (Å²) < 4.78 is 11.0. The van der Waals surface area contributed by atoms with Crippen LogP contribution in [0.1, 0.15) is 33.9 Å². The van der Waals surface area contributed by atoms with Crippen LogP contribution in [0.15, 0.2) is 78.4 Å². The van der Waals surface area contributed by atoms with Crippen molar-refractivity contribution in [3.8, 4) is 5.75 Å². The fraction of sp³-hybridized carbons (Fsp3) is 0.241. The van der Waals surface area contributed by atoms with Gasteiger partial charge in [0.05, 0.1) is 18.2 Å². The van der Waals surface area contributed by atoms with Gasteiger partial charge in [-0.15, -0.1) is 0 Å². The molecule has 6 nitrogen and oxygen atoms in total. The van der Waals surface area contributed by atoms with Crippen LogP contribution in [0.5, 0.6) is 5.75 Å². The molecule has 0 bridgehead atoms. The van der Waals surface area contributed by atoms with Gasteiger partial charge in [0.1, 0.15) is 18.1 Å². The zero-order valence-electron chi connectivity index (χ0n) is 20.2. The lowest BCUT2D eigenvalue weighted by Gasteiger charge is -2.25. The molecule has 0 radical (unpaired) electrons. The average Bonchev–Trinajstić information content (AvgIpc) is 3.12. The van der Waals surface area contributed by atoms with E-state index in [4.69, 9.17) is 9.47 Å². The summed E-state index contributed by atoms with van der Waals surface area (Å²) in [5.41, 5.74) is 4.57. The fourth-order valence-electron chi connectivity index (χ4n) is 4.19. The first kappa shape index (κ1) is 24.2. The van der Waals surface area contributed by atoms with Gasteiger partial charge in [0, 0.05) is 19.2 Å². The standard InChI is InChI=1S/C29H29NO5/c1-19-8-10-21(11-9-19)26-25(28(32)29(33)30(26)16-17-34-3)27(31)22-12-14-24(15-13-22)35-18-23-7-5-4-6-20(23)2/h4-15,26,31H,16-18H2,1-3H3/b27-25+. The van der Waals surface area contributed by atoms with E-state index in [-0.39, 0.29) is 24.5 Å². The Kier molecular flexibility index (Phi) is 7.32. The number of aliphatic hydroxyl groups is 1. The number of hydrogen-bond donors (Lipinski definition) is 1.